The smallest absolute Gasteiger partial charge is 0.270 e. The summed E-state index contributed by atoms with van der Waals surface area (Å²) in [4.78, 5) is 30.6. The summed E-state index contributed by atoms with van der Waals surface area (Å²) < 4.78 is 32.5. The van der Waals surface area contributed by atoms with E-state index in [4.69, 9.17) is 9.57 Å². The van der Waals surface area contributed by atoms with Crippen molar-refractivity contribution < 1.29 is 18.4 Å². The van der Waals surface area contributed by atoms with Crippen molar-refractivity contribution in [2.45, 2.75) is 25.6 Å². The van der Waals surface area contributed by atoms with Crippen LogP contribution in [0.15, 0.2) is 82.4 Å². The highest BCUT2D eigenvalue weighted by molar-refractivity contribution is 5.47. The topological polar surface area (TPSA) is 76.7 Å². The Labute approximate surface area is 200 Å². The van der Waals surface area contributed by atoms with E-state index in [1.54, 1.807) is 31.2 Å². The summed E-state index contributed by atoms with van der Waals surface area (Å²) in [5.41, 5.74) is 3.56. The van der Waals surface area contributed by atoms with E-state index >= 15 is 0 Å². The van der Waals surface area contributed by atoms with Crippen LogP contribution in [0.3, 0.4) is 0 Å². The number of rotatable bonds is 10. The molecular weight excluding hydrogens is 454 g/mol. The molecule has 2 N–H and O–H groups in total. The number of nitrogens with one attached hydrogen (secondary N) is 2. The molecule has 4 aromatic rings. The van der Waals surface area contributed by atoms with Crippen LogP contribution in [0.25, 0.3) is 0 Å². The van der Waals surface area contributed by atoms with Crippen LogP contribution in [0.4, 0.5) is 8.78 Å². The largest absolute Gasteiger partial charge is 0.497 e. The molecule has 2 atom stereocenters. The molecule has 0 fully saturated rings. The molecule has 4 aromatic carbocycles. The molecule has 0 saturated carbocycles. The highest BCUT2D eigenvalue weighted by Gasteiger charge is 2.32. The molecular formula is C27H24F2N2O4. The van der Waals surface area contributed by atoms with Crippen LogP contribution in [-0.2, 0) is 6.54 Å². The number of hydroxylamine groups is 1. The van der Waals surface area contributed by atoms with Gasteiger partial charge in [-0.15, -0.1) is 0 Å². The number of ether oxygens (including phenoxy) is 1. The number of hydrogen-bond donors (Lipinski definition) is 2. The molecule has 0 aromatic heterocycles. The number of methoxy groups -OCH3 is 1. The monoisotopic (exact) mass is 478 g/mol. The quantitative estimate of drug-likeness (QED) is 0.264. The van der Waals surface area contributed by atoms with Crippen molar-refractivity contribution in [2.75, 3.05) is 7.11 Å². The Morgan fingerprint density at radius 3 is 2.20 bits per heavy atom. The average molecular weight is 478 g/mol. The molecule has 0 aliphatic carbocycles. The fourth-order valence-electron chi connectivity index (χ4n) is 3.81. The molecule has 0 spiro atoms. The van der Waals surface area contributed by atoms with E-state index < -0.39 is 34.6 Å². The zero-order valence-electron chi connectivity index (χ0n) is 19.2. The lowest BCUT2D eigenvalue weighted by atomic mass is 9.92. The summed E-state index contributed by atoms with van der Waals surface area (Å²) in [6.07, 6.45) is 0. The Morgan fingerprint density at radius 2 is 1.54 bits per heavy atom. The van der Waals surface area contributed by atoms with Gasteiger partial charge in [-0.3, -0.25) is 14.9 Å². The molecule has 4 rings (SSSR count). The summed E-state index contributed by atoms with van der Waals surface area (Å²) in [7, 11) is 1.54. The van der Waals surface area contributed by atoms with Gasteiger partial charge < -0.3 is 9.57 Å². The van der Waals surface area contributed by atoms with Crippen molar-refractivity contribution in [3.63, 3.8) is 0 Å². The van der Waals surface area contributed by atoms with Crippen LogP contribution < -0.4 is 31.2 Å². The van der Waals surface area contributed by atoms with Gasteiger partial charge in [0.15, 0.2) is 11.6 Å². The first-order valence-corrected chi connectivity index (χ1v) is 11.0. The van der Waals surface area contributed by atoms with Crippen LogP contribution in [-0.4, -0.2) is 7.11 Å². The summed E-state index contributed by atoms with van der Waals surface area (Å²) in [5.74, 6) is -1.39. The first-order valence-electron chi connectivity index (χ1n) is 11.0. The van der Waals surface area contributed by atoms with Gasteiger partial charge in [0.05, 0.1) is 25.3 Å². The molecule has 0 heterocycles. The van der Waals surface area contributed by atoms with E-state index in [0.29, 0.717) is 23.4 Å². The molecule has 0 saturated heterocycles. The zero-order valence-corrected chi connectivity index (χ0v) is 19.2. The van der Waals surface area contributed by atoms with Gasteiger partial charge in [0.25, 0.3) is 5.43 Å². The van der Waals surface area contributed by atoms with Crippen LogP contribution >= 0.6 is 0 Å². The second-order valence-electron chi connectivity index (χ2n) is 8.08. The highest BCUT2D eigenvalue weighted by Crippen LogP contribution is 2.31. The van der Waals surface area contributed by atoms with E-state index in [1.807, 2.05) is 30.3 Å². The maximum atomic E-state index is 13.8. The van der Waals surface area contributed by atoms with E-state index in [1.165, 1.54) is 13.2 Å². The lowest BCUT2D eigenvalue weighted by Crippen LogP contribution is -2.44. The zero-order chi connectivity index (χ0) is 24.9. The van der Waals surface area contributed by atoms with Gasteiger partial charge in [-0.05, 0) is 47.9 Å². The molecule has 0 aliphatic heterocycles. The fraction of sp³-hybridized carbons (Fsp3) is 0.185. The summed E-state index contributed by atoms with van der Waals surface area (Å²) in [6, 6.07) is 18.8. The van der Waals surface area contributed by atoms with Crippen LogP contribution in [0.5, 0.6) is 11.5 Å². The molecule has 0 bridgehead atoms. The molecule has 8 heteroatoms. The lowest BCUT2D eigenvalue weighted by Gasteiger charge is -2.26. The SMILES string of the molecule is COc1ccc(C(NC(C)c2ccc(F)c(F)c2)c2c(ONCc3ccccc3)c(=O)c2=O)cc1. The van der Waals surface area contributed by atoms with Crippen molar-refractivity contribution in [2.24, 2.45) is 0 Å². The molecule has 0 amide bonds. The Morgan fingerprint density at radius 1 is 0.857 bits per heavy atom. The van der Waals surface area contributed by atoms with E-state index in [-0.39, 0.29) is 11.3 Å². The first kappa shape index (κ1) is 24.3. The molecule has 2 unspecified atom stereocenters. The van der Waals surface area contributed by atoms with E-state index in [0.717, 1.165) is 17.7 Å². The Kier molecular flexibility index (Phi) is 7.33. The third kappa shape index (κ3) is 5.29. The third-order valence-corrected chi connectivity index (χ3v) is 5.79. The van der Waals surface area contributed by atoms with Crippen LogP contribution in [0.1, 0.15) is 41.3 Å². The Bertz CT molecular complexity index is 1370. The van der Waals surface area contributed by atoms with Crippen molar-refractivity contribution in [1.82, 2.24) is 10.8 Å². The van der Waals surface area contributed by atoms with Crippen LogP contribution in [0, 0.1) is 11.6 Å². The lowest BCUT2D eigenvalue weighted by molar-refractivity contribution is 0.182. The highest BCUT2D eigenvalue weighted by atomic mass is 19.2. The molecule has 6 nitrogen and oxygen atoms in total. The Balaban J connectivity index is 1.63. The first-order chi connectivity index (χ1) is 16.9. The second kappa shape index (κ2) is 10.6. The number of hydrogen-bond acceptors (Lipinski definition) is 6. The number of halogens is 2. The van der Waals surface area contributed by atoms with E-state index in [2.05, 4.69) is 10.8 Å². The standard InChI is InChI=1S/C27H24F2N2O4/c1-16(19-10-13-21(28)22(29)14-19)31-24(18-8-11-20(34-2)12-9-18)23-25(32)26(33)27(23)35-30-15-17-6-4-3-5-7-17/h3-14,16,24,30-31H,15H2,1-2H3. The maximum absolute atomic E-state index is 13.8. The predicted molar refractivity (Wildman–Crippen MR) is 128 cm³/mol. The summed E-state index contributed by atoms with van der Waals surface area (Å²) >= 11 is 0. The normalized spacial score (nSPS) is 12.9. The minimum absolute atomic E-state index is 0.0864. The van der Waals surface area contributed by atoms with Crippen molar-refractivity contribution in [1.29, 1.82) is 0 Å². The van der Waals surface area contributed by atoms with Gasteiger partial charge in [0, 0.05) is 6.04 Å². The third-order valence-electron chi connectivity index (χ3n) is 5.79. The average Bonchev–Trinajstić information content (AvgIpc) is 2.89. The van der Waals surface area contributed by atoms with Crippen molar-refractivity contribution in [3.05, 3.63) is 127 Å². The summed E-state index contributed by atoms with van der Waals surface area (Å²) in [6.45, 7) is 2.08. The van der Waals surface area contributed by atoms with Crippen molar-refractivity contribution in [3.8, 4) is 11.5 Å². The molecule has 0 aliphatic rings. The minimum atomic E-state index is -0.972. The Hall–Kier alpha value is -3.88. The van der Waals surface area contributed by atoms with Gasteiger partial charge in [0.2, 0.25) is 11.2 Å². The van der Waals surface area contributed by atoms with Gasteiger partial charge in [-0.25, -0.2) is 8.78 Å². The van der Waals surface area contributed by atoms with Gasteiger partial charge in [0.1, 0.15) is 5.75 Å². The van der Waals surface area contributed by atoms with E-state index in [9.17, 15) is 18.4 Å². The number of benzene rings is 3. The van der Waals surface area contributed by atoms with Gasteiger partial charge >= 0.3 is 0 Å². The van der Waals surface area contributed by atoms with Crippen LogP contribution in [0.2, 0.25) is 0 Å². The van der Waals surface area contributed by atoms with Gasteiger partial charge in [-0.1, -0.05) is 48.5 Å². The molecule has 0 radical (unpaired) electrons. The molecule has 180 valence electrons. The summed E-state index contributed by atoms with van der Waals surface area (Å²) in [5, 5.41) is 3.26. The maximum Gasteiger partial charge on any atom is 0.270 e. The van der Waals surface area contributed by atoms with Gasteiger partial charge in [-0.2, -0.15) is 5.48 Å². The minimum Gasteiger partial charge on any atom is -0.497 e. The predicted octanol–water partition coefficient (Wildman–Crippen LogP) is 4.09. The second-order valence-corrected chi connectivity index (χ2v) is 8.08. The fourth-order valence-corrected chi connectivity index (χ4v) is 3.81. The molecule has 35 heavy (non-hydrogen) atoms. The van der Waals surface area contributed by atoms with Crippen molar-refractivity contribution >= 4 is 0 Å².